The van der Waals surface area contributed by atoms with Crippen molar-refractivity contribution in [2.24, 2.45) is 5.73 Å². The van der Waals surface area contributed by atoms with Gasteiger partial charge in [-0.15, -0.1) is 0 Å². The lowest BCUT2D eigenvalue weighted by atomic mass is 10.1. The first-order valence-corrected chi connectivity index (χ1v) is 5.83. The number of para-hydroxylation sites is 1. The number of thiocarbonyl (C=S) groups is 1. The Morgan fingerprint density at radius 1 is 1.56 bits per heavy atom. The molecule has 1 unspecified atom stereocenters. The molecule has 0 saturated carbocycles. The number of rotatable bonds is 2. The Balaban J connectivity index is 2.42. The van der Waals surface area contributed by atoms with Gasteiger partial charge in [-0.1, -0.05) is 24.4 Å². The summed E-state index contributed by atoms with van der Waals surface area (Å²) in [7, 11) is 0. The minimum Gasteiger partial charge on any atom is -0.391 e. The molecule has 86 valence electrons. The molecule has 1 atom stereocenters. The number of aliphatic hydroxyl groups excluding tert-OH is 1. The molecule has 2 rings (SSSR count). The fraction of sp³-hybridized carbons (Fsp3) is 0.417. The van der Waals surface area contributed by atoms with E-state index in [1.54, 1.807) is 0 Å². The van der Waals surface area contributed by atoms with Crippen LogP contribution in [0.5, 0.6) is 0 Å². The molecule has 1 aliphatic heterocycles. The van der Waals surface area contributed by atoms with Crippen LogP contribution in [0.3, 0.4) is 0 Å². The molecule has 0 amide bonds. The van der Waals surface area contributed by atoms with Crippen LogP contribution in [0.2, 0.25) is 0 Å². The third-order valence-electron chi connectivity index (χ3n) is 2.98. The van der Waals surface area contributed by atoms with Crippen molar-refractivity contribution in [3.8, 4) is 0 Å². The third kappa shape index (κ3) is 2.03. The van der Waals surface area contributed by atoms with Gasteiger partial charge in [0.25, 0.3) is 0 Å². The number of hydrogen-bond acceptors (Lipinski definition) is 3. The molecule has 4 heteroatoms. The Morgan fingerprint density at radius 3 is 2.88 bits per heavy atom. The third-order valence-corrected chi connectivity index (χ3v) is 3.20. The summed E-state index contributed by atoms with van der Waals surface area (Å²) in [6.07, 6.45) is 0.573. The van der Waals surface area contributed by atoms with Crippen LogP contribution in [0.25, 0.3) is 0 Å². The Bertz CT molecular complexity index is 419. The largest absolute Gasteiger partial charge is 0.391 e. The molecule has 16 heavy (non-hydrogen) atoms. The lowest BCUT2D eigenvalue weighted by Gasteiger charge is -2.23. The molecule has 0 bridgehead atoms. The minimum absolute atomic E-state index is 0.237. The zero-order chi connectivity index (χ0) is 11.7. The van der Waals surface area contributed by atoms with Crippen molar-refractivity contribution in [1.82, 2.24) is 0 Å². The second-order valence-electron chi connectivity index (χ2n) is 4.22. The van der Waals surface area contributed by atoms with Gasteiger partial charge in [-0.2, -0.15) is 0 Å². The summed E-state index contributed by atoms with van der Waals surface area (Å²) in [6, 6.07) is 5.94. The van der Waals surface area contributed by atoms with Gasteiger partial charge < -0.3 is 15.7 Å². The number of aryl methyl sites for hydroxylation is 1. The van der Waals surface area contributed by atoms with Gasteiger partial charge >= 0.3 is 0 Å². The number of hydrogen-bond donors (Lipinski definition) is 2. The maximum Gasteiger partial charge on any atom is 0.106 e. The van der Waals surface area contributed by atoms with Crippen LogP contribution in [0.4, 0.5) is 5.69 Å². The Kier molecular flexibility index (Phi) is 3.12. The first kappa shape index (κ1) is 11.4. The minimum atomic E-state index is -0.237. The maximum atomic E-state index is 9.58. The number of nitrogens with zero attached hydrogens (tertiary/aromatic N) is 1. The Labute approximate surface area is 101 Å². The number of aliphatic hydroxyl groups is 1. The molecule has 1 aromatic carbocycles. The smallest absolute Gasteiger partial charge is 0.106 e. The molecule has 3 nitrogen and oxygen atoms in total. The highest BCUT2D eigenvalue weighted by Gasteiger charge is 2.23. The van der Waals surface area contributed by atoms with Gasteiger partial charge in [0.05, 0.1) is 6.10 Å². The summed E-state index contributed by atoms with van der Waals surface area (Å²) in [4.78, 5) is 2.58. The van der Waals surface area contributed by atoms with E-state index in [0.717, 1.165) is 29.8 Å². The van der Waals surface area contributed by atoms with Crippen LogP contribution < -0.4 is 10.6 Å². The van der Waals surface area contributed by atoms with Crippen LogP contribution >= 0.6 is 12.2 Å². The fourth-order valence-electron chi connectivity index (χ4n) is 2.22. The van der Waals surface area contributed by atoms with E-state index >= 15 is 0 Å². The normalized spacial score (nSPS) is 20.1. The standard InChI is InChI=1S/C12H16N2OS/c1-8-3-2-4-10(12(13)16)11(8)14-6-5-9(15)7-14/h2-4,9,15H,5-7H2,1H3,(H2,13,16). The van der Waals surface area contributed by atoms with Crippen molar-refractivity contribution >= 4 is 22.9 Å². The molecule has 0 aromatic heterocycles. The first-order valence-electron chi connectivity index (χ1n) is 5.42. The SMILES string of the molecule is Cc1cccc(C(N)=S)c1N1CCC(O)C1. The van der Waals surface area contributed by atoms with Crippen LogP contribution in [0, 0.1) is 6.92 Å². The van der Waals surface area contributed by atoms with E-state index in [1.165, 1.54) is 0 Å². The van der Waals surface area contributed by atoms with Crippen molar-refractivity contribution in [2.45, 2.75) is 19.4 Å². The average molecular weight is 236 g/mol. The Morgan fingerprint density at radius 2 is 2.31 bits per heavy atom. The molecule has 1 fully saturated rings. The summed E-state index contributed by atoms with van der Waals surface area (Å²) in [5, 5.41) is 9.58. The van der Waals surface area contributed by atoms with Gasteiger partial charge in [-0.3, -0.25) is 0 Å². The molecule has 0 aliphatic carbocycles. The molecule has 1 saturated heterocycles. The predicted octanol–water partition coefficient (Wildman–Crippen LogP) is 1.20. The molecule has 1 heterocycles. The van der Waals surface area contributed by atoms with Gasteiger partial charge in [0, 0.05) is 24.3 Å². The topological polar surface area (TPSA) is 49.5 Å². The summed E-state index contributed by atoms with van der Waals surface area (Å²) in [6.45, 7) is 3.57. The molecule has 0 spiro atoms. The average Bonchev–Trinajstić information content (AvgIpc) is 2.64. The van der Waals surface area contributed by atoms with Crippen LogP contribution in [-0.2, 0) is 0 Å². The number of benzene rings is 1. The molecular formula is C12H16N2OS. The Hall–Kier alpha value is -1.13. The maximum absolute atomic E-state index is 9.58. The highest BCUT2D eigenvalue weighted by atomic mass is 32.1. The fourth-order valence-corrected chi connectivity index (χ4v) is 2.39. The van der Waals surface area contributed by atoms with Gasteiger partial charge in [0.15, 0.2) is 0 Å². The highest BCUT2D eigenvalue weighted by Crippen LogP contribution is 2.28. The highest BCUT2D eigenvalue weighted by molar-refractivity contribution is 7.80. The lowest BCUT2D eigenvalue weighted by Crippen LogP contribution is -2.25. The lowest BCUT2D eigenvalue weighted by molar-refractivity contribution is 0.198. The van der Waals surface area contributed by atoms with Crippen LogP contribution in [-0.4, -0.2) is 29.3 Å². The monoisotopic (exact) mass is 236 g/mol. The molecular weight excluding hydrogens is 220 g/mol. The van der Waals surface area contributed by atoms with E-state index in [2.05, 4.69) is 4.90 Å². The number of nitrogens with two attached hydrogens (primary N) is 1. The summed E-state index contributed by atoms with van der Waals surface area (Å²) < 4.78 is 0. The number of anilines is 1. The van der Waals surface area contributed by atoms with Crippen molar-refractivity contribution in [3.05, 3.63) is 29.3 Å². The number of β-amino-alcohol motifs (C(OH)–C–C–N with tert-alkyl or cyclic N) is 1. The second kappa shape index (κ2) is 4.39. The molecule has 3 N–H and O–H groups in total. The van der Waals surface area contributed by atoms with Crippen LogP contribution in [0.15, 0.2) is 18.2 Å². The zero-order valence-corrected chi connectivity index (χ0v) is 10.1. The van der Waals surface area contributed by atoms with Crippen LogP contribution in [0.1, 0.15) is 17.5 Å². The van der Waals surface area contributed by atoms with Crippen molar-refractivity contribution in [1.29, 1.82) is 0 Å². The van der Waals surface area contributed by atoms with Crippen molar-refractivity contribution in [3.63, 3.8) is 0 Å². The van der Waals surface area contributed by atoms with Gasteiger partial charge in [-0.25, -0.2) is 0 Å². The van der Waals surface area contributed by atoms with E-state index in [9.17, 15) is 5.11 Å². The summed E-state index contributed by atoms with van der Waals surface area (Å²) >= 11 is 5.06. The molecule has 0 radical (unpaired) electrons. The van der Waals surface area contributed by atoms with Gasteiger partial charge in [0.2, 0.25) is 0 Å². The van der Waals surface area contributed by atoms with Gasteiger partial charge in [-0.05, 0) is 25.0 Å². The van der Waals surface area contributed by atoms with E-state index in [-0.39, 0.29) is 6.10 Å². The van der Waals surface area contributed by atoms with E-state index < -0.39 is 0 Å². The van der Waals surface area contributed by atoms with E-state index in [4.69, 9.17) is 18.0 Å². The first-order chi connectivity index (χ1) is 7.59. The second-order valence-corrected chi connectivity index (χ2v) is 4.66. The van der Waals surface area contributed by atoms with E-state index in [1.807, 2.05) is 25.1 Å². The predicted molar refractivity (Wildman–Crippen MR) is 69.9 cm³/mol. The zero-order valence-electron chi connectivity index (χ0n) is 9.31. The molecule has 1 aromatic rings. The molecule has 1 aliphatic rings. The van der Waals surface area contributed by atoms with Crippen molar-refractivity contribution in [2.75, 3.05) is 18.0 Å². The summed E-state index contributed by atoms with van der Waals surface area (Å²) in [5.74, 6) is 0. The summed E-state index contributed by atoms with van der Waals surface area (Å²) in [5.41, 5.74) is 8.86. The van der Waals surface area contributed by atoms with Gasteiger partial charge in [0.1, 0.15) is 4.99 Å². The van der Waals surface area contributed by atoms with Crippen molar-refractivity contribution < 1.29 is 5.11 Å². The van der Waals surface area contributed by atoms with E-state index in [0.29, 0.717) is 11.5 Å². The quantitative estimate of drug-likeness (QED) is 0.758.